The molecule has 1 saturated heterocycles. The van der Waals surface area contributed by atoms with E-state index < -0.39 is 17.7 Å². The molecule has 1 amide bonds. The number of hydrogen-bond donors (Lipinski definition) is 1. The fourth-order valence-electron chi connectivity index (χ4n) is 3.97. The Labute approximate surface area is 226 Å². The van der Waals surface area contributed by atoms with Gasteiger partial charge >= 0.3 is 5.91 Å². The lowest BCUT2D eigenvalue weighted by molar-refractivity contribution is -0.132. The van der Waals surface area contributed by atoms with E-state index in [-0.39, 0.29) is 16.5 Å². The highest BCUT2D eigenvalue weighted by Gasteiger charge is 2.48. The second kappa shape index (κ2) is 10.8. The predicted octanol–water partition coefficient (Wildman–Crippen LogP) is 6.12. The van der Waals surface area contributed by atoms with Crippen molar-refractivity contribution in [2.45, 2.75) is 16.1 Å². The molecule has 186 valence electrons. The summed E-state index contributed by atoms with van der Waals surface area (Å²) in [5.41, 5.74) is 2.08. The second-order valence-electron chi connectivity index (χ2n) is 8.07. The standard InChI is InChI=1S/C27H20ClN3O4S2/c1-35-20-13-9-18(10-14-20)23(32)21-22(17-7-11-19(28)12-8-17)31(25(34)24(21)33)26-29-30-27(37-26)36-15-16-5-3-2-4-6-16/h2-14,22,32H,15H2,1H3/t22-/m1/s1. The topological polar surface area (TPSA) is 92.6 Å². The average molecular weight is 550 g/mol. The van der Waals surface area contributed by atoms with Crippen LogP contribution in [0.5, 0.6) is 5.75 Å². The highest BCUT2D eigenvalue weighted by molar-refractivity contribution is 8.00. The number of carbonyl (C=O) groups is 2. The van der Waals surface area contributed by atoms with Crippen LogP contribution in [0.25, 0.3) is 5.76 Å². The van der Waals surface area contributed by atoms with Crippen molar-refractivity contribution in [2.24, 2.45) is 0 Å². The first kappa shape index (κ1) is 25.0. The normalized spacial score (nSPS) is 16.8. The van der Waals surface area contributed by atoms with Gasteiger partial charge in [-0.25, -0.2) is 0 Å². The molecule has 5 rings (SSSR count). The molecule has 0 spiro atoms. The van der Waals surface area contributed by atoms with Gasteiger partial charge in [0.1, 0.15) is 11.5 Å². The Morgan fingerprint density at radius 3 is 2.41 bits per heavy atom. The van der Waals surface area contributed by atoms with E-state index in [4.69, 9.17) is 16.3 Å². The van der Waals surface area contributed by atoms with E-state index in [1.807, 2.05) is 30.3 Å². The van der Waals surface area contributed by atoms with Gasteiger partial charge in [0.15, 0.2) is 4.34 Å². The lowest BCUT2D eigenvalue weighted by Crippen LogP contribution is -2.29. The molecule has 10 heteroatoms. The van der Waals surface area contributed by atoms with Gasteiger partial charge in [0.2, 0.25) is 5.13 Å². The average Bonchev–Trinajstić information content (AvgIpc) is 3.50. The van der Waals surface area contributed by atoms with Gasteiger partial charge in [-0.3, -0.25) is 14.5 Å². The second-order valence-corrected chi connectivity index (χ2v) is 10.7. The SMILES string of the molecule is COc1ccc(C(O)=C2C(=O)C(=O)N(c3nnc(SCc4ccccc4)s3)[C@@H]2c2ccc(Cl)cc2)cc1. The largest absolute Gasteiger partial charge is 0.507 e. The first-order valence-corrected chi connectivity index (χ1v) is 13.4. The Morgan fingerprint density at radius 1 is 1.03 bits per heavy atom. The van der Waals surface area contributed by atoms with Crippen molar-refractivity contribution in [3.05, 3.63) is 106 Å². The zero-order valence-corrected chi connectivity index (χ0v) is 21.9. The molecular formula is C27H20ClN3O4S2. The van der Waals surface area contributed by atoms with Gasteiger partial charge in [-0.15, -0.1) is 10.2 Å². The van der Waals surface area contributed by atoms with Crippen molar-refractivity contribution in [2.75, 3.05) is 12.0 Å². The molecule has 0 radical (unpaired) electrons. The summed E-state index contributed by atoms with van der Waals surface area (Å²) in [6, 6.07) is 22.4. The number of nitrogens with zero attached hydrogens (tertiary/aromatic N) is 3. The molecule has 1 atom stereocenters. The van der Waals surface area contributed by atoms with E-state index in [0.717, 1.165) is 5.56 Å². The number of anilines is 1. The molecule has 1 aliphatic heterocycles. The van der Waals surface area contributed by atoms with Crippen LogP contribution in [-0.4, -0.2) is 34.1 Å². The predicted molar refractivity (Wildman–Crippen MR) is 145 cm³/mol. The molecule has 0 unspecified atom stereocenters. The fraction of sp³-hybridized carbons (Fsp3) is 0.111. The van der Waals surface area contributed by atoms with E-state index in [9.17, 15) is 14.7 Å². The summed E-state index contributed by atoms with van der Waals surface area (Å²) in [6.07, 6.45) is 0. The summed E-state index contributed by atoms with van der Waals surface area (Å²) >= 11 is 8.81. The van der Waals surface area contributed by atoms with Crippen LogP contribution >= 0.6 is 34.7 Å². The van der Waals surface area contributed by atoms with E-state index in [2.05, 4.69) is 10.2 Å². The number of thioether (sulfide) groups is 1. The molecule has 0 aliphatic carbocycles. The number of rotatable bonds is 7. The molecule has 2 heterocycles. The molecule has 0 bridgehead atoms. The van der Waals surface area contributed by atoms with Gasteiger partial charge < -0.3 is 9.84 Å². The first-order chi connectivity index (χ1) is 18.0. The van der Waals surface area contributed by atoms with Gasteiger partial charge in [0.05, 0.1) is 18.7 Å². The van der Waals surface area contributed by atoms with Crippen molar-refractivity contribution >= 4 is 57.3 Å². The van der Waals surface area contributed by atoms with E-state index in [0.29, 0.717) is 32.0 Å². The van der Waals surface area contributed by atoms with Crippen molar-refractivity contribution in [3.63, 3.8) is 0 Å². The summed E-state index contributed by atoms with van der Waals surface area (Å²) < 4.78 is 5.84. The molecular weight excluding hydrogens is 530 g/mol. The number of ketones is 1. The number of methoxy groups -OCH3 is 1. The van der Waals surface area contributed by atoms with Crippen LogP contribution in [0, 0.1) is 0 Å². The number of aromatic nitrogens is 2. The molecule has 1 aromatic heterocycles. The monoisotopic (exact) mass is 549 g/mol. The number of halogens is 1. The summed E-state index contributed by atoms with van der Waals surface area (Å²) in [5, 5.41) is 20.5. The third-order valence-corrected chi connectivity index (χ3v) is 8.18. The Bertz CT molecular complexity index is 1470. The minimum atomic E-state index is -0.903. The molecule has 4 aromatic rings. The zero-order chi connectivity index (χ0) is 25.9. The van der Waals surface area contributed by atoms with Crippen LogP contribution in [0.2, 0.25) is 5.02 Å². The van der Waals surface area contributed by atoms with Gasteiger partial charge in [-0.1, -0.05) is 77.2 Å². The van der Waals surface area contributed by atoms with Crippen LogP contribution < -0.4 is 9.64 Å². The van der Waals surface area contributed by atoms with Crippen LogP contribution in [0.1, 0.15) is 22.7 Å². The summed E-state index contributed by atoms with van der Waals surface area (Å²) in [5.74, 6) is -0.591. The van der Waals surface area contributed by atoms with E-state index >= 15 is 0 Å². The highest BCUT2D eigenvalue weighted by atomic mass is 35.5. The number of amides is 1. The van der Waals surface area contributed by atoms with Gasteiger partial charge in [0.25, 0.3) is 5.78 Å². The summed E-state index contributed by atoms with van der Waals surface area (Å²) in [6.45, 7) is 0. The van der Waals surface area contributed by atoms with Crippen LogP contribution in [-0.2, 0) is 15.3 Å². The molecule has 3 aromatic carbocycles. The van der Waals surface area contributed by atoms with Gasteiger partial charge in [0, 0.05) is 16.3 Å². The lowest BCUT2D eigenvalue weighted by Gasteiger charge is -2.22. The first-order valence-electron chi connectivity index (χ1n) is 11.2. The Kier molecular flexibility index (Phi) is 7.27. The van der Waals surface area contributed by atoms with Crippen LogP contribution in [0.3, 0.4) is 0 Å². The Balaban J connectivity index is 1.54. The maximum atomic E-state index is 13.3. The minimum Gasteiger partial charge on any atom is -0.507 e. The number of Topliss-reactive ketones (excluding diaryl/α,β-unsaturated/α-hetero) is 1. The van der Waals surface area contributed by atoms with Gasteiger partial charge in [-0.2, -0.15) is 0 Å². The molecule has 7 nitrogen and oxygen atoms in total. The van der Waals surface area contributed by atoms with Crippen LogP contribution in [0.4, 0.5) is 5.13 Å². The summed E-state index contributed by atoms with van der Waals surface area (Å²) in [7, 11) is 1.54. The maximum Gasteiger partial charge on any atom is 0.301 e. The molecule has 1 aliphatic rings. The molecule has 1 N–H and O–H groups in total. The number of benzene rings is 3. The van der Waals surface area contributed by atoms with Gasteiger partial charge in [-0.05, 0) is 47.5 Å². The fourth-order valence-corrected chi connectivity index (χ4v) is 5.92. The van der Waals surface area contributed by atoms with E-state index in [1.54, 1.807) is 48.5 Å². The third kappa shape index (κ3) is 5.11. The van der Waals surface area contributed by atoms with Crippen LogP contribution in [0.15, 0.2) is 88.8 Å². The lowest BCUT2D eigenvalue weighted by atomic mass is 9.95. The summed E-state index contributed by atoms with van der Waals surface area (Å²) in [4.78, 5) is 27.9. The van der Waals surface area contributed by atoms with E-state index in [1.165, 1.54) is 35.1 Å². The minimum absolute atomic E-state index is 0.0359. The van der Waals surface area contributed by atoms with Crippen molar-refractivity contribution in [1.82, 2.24) is 10.2 Å². The van der Waals surface area contributed by atoms with Crippen molar-refractivity contribution in [1.29, 1.82) is 0 Å². The molecule has 0 saturated carbocycles. The molecule has 37 heavy (non-hydrogen) atoms. The molecule has 1 fully saturated rings. The number of ether oxygens (including phenoxy) is 1. The third-order valence-electron chi connectivity index (χ3n) is 5.80. The maximum absolute atomic E-state index is 13.3. The van der Waals surface area contributed by atoms with Crippen molar-refractivity contribution < 1.29 is 19.4 Å². The number of carbonyl (C=O) groups excluding carboxylic acids is 2. The Hall–Kier alpha value is -3.66. The zero-order valence-electron chi connectivity index (χ0n) is 19.5. The quantitative estimate of drug-likeness (QED) is 0.0976. The number of hydrogen-bond acceptors (Lipinski definition) is 8. The number of aliphatic hydroxyl groups is 1. The highest BCUT2D eigenvalue weighted by Crippen LogP contribution is 2.44. The Morgan fingerprint density at radius 2 is 1.73 bits per heavy atom. The smallest absolute Gasteiger partial charge is 0.301 e. The van der Waals surface area contributed by atoms with Crippen molar-refractivity contribution in [3.8, 4) is 5.75 Å². The number of aliphatic hydroxyl groups excluding tert-OH is 1.